The number of nitrogens with one attached hydrogen (secondary N) is 1. The van der Waals surface area contributed by atoms with E-state index in [1.54, 1.807) is 0 Å². The molecule has 5 rings (SSSR count). The zero-order valence-electron chi connectivity index (χ0n) is 18.6. The van der Waals surface area contributed by atoms with E-state index in [1.807, 2.05) is 84.9 Å². The van der Waals surface area contributed by atoms with Crippen LogP contribution in [0.3, 0.4) is 0 Å². The molecule has 0 aliphatic rings. The molecule has 0 aliphatic carbocycles. The van der Waals surface area contributed by atoms with Gasteiger partial charge >= 0.3 is 0 Å². The highest BCUT2D eigenvalue weighted by Crippen LogP contribution is 2.37. The van der Waals surface area contributed by atoms with Crippen LogP contribution in [-0.2, 0) is 0 Å². The Labute approximate surface area is 208 Å². The van der Waals surface area contributed by atoms with E-state index in [-0.39, 0.29) is 11.8 Å². The Balaban J connectivity index is 1.63. The number of hydrogen-bond donors (Lipinski definition) is 1. The molecular weight excluding hydrogens is 482 g/mol. The molecule has 2 unspecified atom stereocenters. The summed E-state index contributed by atoms with van der Waals surface area (Å²) >= 11 is 3.55. The van der Waals surface area contributed by atoms with Gasteiger partial charge < -0.3 is 5.32 Å². The second-order valence-corrected chi connectivity index (χ2v) is 9.27. The zero-order valence-corrected chi connectivity index (χ0v) is 20.2. The minimum atomic E-state index is -0.406. The van der Waals surface area contributed by atoms with Crippen molar-refractivity contribution in [2.75, 3.05) is 5.32 Å². The Hall–Kier alpha value is -3.69. The van der Waals surface area contributed by atoms with Crippen molar-refractivity contribution in [2.24, 2.45) is 0 Å². The van der Waals surface area contributed by atoms with Crippen molar-refractivity contribution >= 4 is 38.2 Å². The molecule has 0 aliphatic heterocycles. The van der Waals surface area contributed by atoms with Gasteiger partial charge in [0.05, 0.1) is 12.0 Å². The molecular formula is C31H24BrNO. The molecule has 2 atom stereocenters. The van der Waals surface area contributed by atoms with Crippen molar-refractivity contribution in [1.82, 2.24) is 0 Å². The van der Waals surface area contributed by atoms with Crippen LogP contribution in [0, 0.1) is 0 Å². The summed E-state index contributed by atoms with van der Waals surface area (Å²) in [7, 11) is 0. The van der Waals surface area contributed by atoms with Gasteiger partial charge in [-0.25, -0.2) is 0 Å². The van der Waals surface area contributed by atoms with Crippen molar-refractivity contribution in [2.45, 2.75) is 12.0 Å². The standard InChI is InChI=1S/C31H24BrNO/c32-27-18-15-24(16-19-27)30(33-28-20-17-22-9-7-8-14-26(22)21-28)29(23-10-3-1-4-11-23)31(34)25-12-5-2-6-13-25/h1-21,29-30,33H. The quantitative estimate of drug-likeness (QED) is 0.225. The number of rotatable bonds is 7. The smallest absolute Gasteiger partial charge is 0.172 e. The topological polar surface area (TPSA) is 29.1 Å². The first-order valence-electron chi connectivity index (χ1n) is 11.3. The van der Waals surface area contributed by atoms with Gasteiger partial charge in [-0.05, 0) is 46.2 Å². The van der Waals surface area contributed by atoms with E-state index in [4.69, 9.17) is 0 Å². The average molecular weight is 506 g/mol. The van der Waals surface area contributed by atoms with Crippen LogP contribution in [0.25, 0.3) is 10.8 Å². The maximum Gasteiger partial charge on any atom is 0.172 e. The van der Waals surface area contributed by atoms with Crippen LogP contribution in [0.1, 0.15) is 33.4 Å². The molecule has 0 radical (unpaired) electrons. The second-order valence-electron chi connectivity index (χ2n) is 8.35. The third-order valence-electron chi connectivity index (χ3n) is 6.13. The summed E-state index contributed by atoms with van der Waals surface area (Å²) < 4.78 is 1.01. The van der Waals surface area contributed by atoms with Crippen LogP contribution in [0.2, 0.25) is 0 Å². The molecule has 166 valence electrons. The minimum Gasteiger partial charge on any atom is -0.377 e. The van der Waals surface area contributed by atoms with Gasteiger partial charge in [-0.1, -0.05) is 119 Å². The minimum absolute atomic E-state index is 0.0907. The Bertz CT molecular complexity index is 1400. The second kappa shape index (κ2) is 10.1. The lowest BCUT2D eigenvalue weighted by Crippen LogP contribution is -2.26. The number of halogens is 1. The normalized spacial score (nSPS) is 12.7. The van der Waals surface area contributed by atoms with E-state index >= 15 is 0 Å². The molecule has 0 aromatic heterocycles. The summed E-state index contributed by atoms with van der Waals surface area (Å²) in [6.45, 7) is 0. The monoisotopic (exact) mass is 505 g/mol. The highest BCUT2D eigenvalue weighted by atomic mass is 79.9. The number of benzene rings is 5. The predicted octanol–water partition coefficient (Wildman–Crippen LogP) is 8.42. The Morgan fingerprint density at radius 3 is 1.94 bits per heavy atom. The van der Waals surface area contributed by atoms with Gasteiger partial charge in [0, 0.05) is 15.7 Å². The first-order valence-corrected chi connectivity index (χ1v) is 12.1. The van der Waals surface area contributed by atoms with Crippen LogP contribution in [0.4, 0.5) is 5.69 Å². The molecule has 2 nitrogen and oxygen atoms in total. The number of fused-ring (bicyclic) bond motifs is 1. The van der Waals surface area contributed by atoms with Gasteiger partial charge in [-0.15, -0.1) is 0 Å². The van der Waals surface area contributed by atoms with Gasteiger partial charge in [0.25, 0.3) is 0 Å². The summed E-state index contributed by atoms with van der Waals surface area (Å²) in [6, 6.07) is 42.2. The molecule has 0 spiro atoms. The zero-order chi connectivity index (χ0) is 23.3. The highest BCUT2D eigenvalue weighted by Gasteiger charge is 2.32. The molecule has 3 heteroatoms. The summed E-state index contributed by atoms with van der Waals surface area (Å²) in [5.41, 5.74) is 3.72. The lowest BCUT2D eigenvalue weighted by Gasteiger charge is -2.29. The van der Waals surface area contributed by atoms with Crippen molar-refractivity contribution in [3.05, 3.63) is 149 Å². The van der Waals surface area contributed by atoms with Crippen LogP contribution >= 0.6 is 15.9 Å². The van der Waals surface area contributed by atoms with Crippen molar-refractivity contribution in [3.8, 4) is 0 Å². The molecule has 0 saturated heterocycles. The van der Waals surface area contributed by atoms with E-state index in [0.29, 0.717) is 5.56 Å². The van der Waals surface area contributed by atoms with Crippen LogP contribution < -0.4 is 5.32 Å². The van der Waals surface area contributed by atoms with Crippen molar-refractivity contribution in [1.29, 1.82) is 0 Å². The first kappa shape index (κ1) is 22.1. The maximum atomic E-state index is 14.0. The lowest BCUT2D eigenvalue weighted by molar-refractivity contribution is 0.0950. The fourth-order valence-corrected chi connectivity index (χ4v) is 4.69. The van der Waals surface area contributed by atoms with E-state index in [0.717, 1.165) is 26.7 Å². The van der Waals surface area contributed by atoms with Gasteiger partial charge in [0.2, 0.25) is 0 Å². The Kier molecular flexibility index (Phi) is 6.55. The summed E-state index contributed by atoms with van der Waals surface area (Å²) in [6.07, 6.45) is 0. The number of hydrogen-bond acceptors (Lipinski definition) is 2. The Morgan fingerprint density at radius 1 is 0.618 bits per heavy atom. The molecule has 5 aromatic carbocycles. The fraction of sp³-hybridized carbons (Fsp3) is 0.0645. The van der Waals surface area contributed by atoms with Crippen molar-refractivity contribution < 1.29 is 4.79 Å². The number of carbonyl (C=O) groups excluding carboxylic acids is 1. The molecule has 0 bridgehead atoms. The van der Waals surface area contributed by atoms with E-state index in [2.05, 4.69) is 63.7 Å². The highest BCUT2D eigenvalue weighted by molar-refractivity contribution is 9.10. The molecule has 1 N–H and O–H groups in total. The Morgan fingerprint density at radius 2 is 1.24 bits per heavy atom. The molecule has 0 saturated carbocycles. The van der Waals surface area contributed by atoms with E-state index in [1.165, 1.54) is 5.39 Å². The summed E-state index contributed by atoms with van der Waals surface area (Å²) in [4.78, 5) is 14.0. The number of ketones is 1. The van der Waals surface area contributed by atoms with Crippen LogP contribution in [0.5, 0.6) is 0 Å². The maximum absolute atomic E-state index is 14.0. The largest absolute Gasteiger partial charge is 0.377 e. The molecule has 0 fully saturated rings. The number of Topliss-reactive ketones (excluding diaryl/α,β-unsaturated/α-hetero) is 1. The van der Waals surface area contributed by atoms with Gasteiger partial charge in [0.15, 0.2) is 5.78 Å². The number of carbonyl (C=O) groups is 1. The lowest BCUT2D eigenvalue weighted by atomic mass is 9.81. The SMILES string of the molecule is O=C(c1ccccc1)C(c1ccccc1)C(Nc1ccc2ccccc2c1)c1ccc(Br)cc1. The summed E-state index contributed by atoms with van der Waals surface area (Å²) in [5.74, 6) is -0.316. The van der Waals surface area contributed by atoms with Gasteiger partial charge in [-0.2, -0.15) is 0 Å². The first-order chi connectivity index (χ1) is 16.7. The number of anilines is 1. The molecule has 0 heterocycles. The van der Waals surface area contributed by atoms with Crippen molar-refractivity contribution in [3.63, 3.8) is 0 Å². The van der Waals surface area contributed by atoms with E-state index in [9.17, 15) is 4.79 Å². The third kappa shape index (κ3) is 4.80. The fourth-order valence-electron chi connectivity index (χ4n) is 4.43. The third-order valence-corrected chi connectivity index (χ3v) is 6.66. The molecule has 5 aromatic rings. The van der Waals surface area contributed by atoms with E-state index < -0.39 is 5.92 Å². The predicted molar refractivity (Wildman–Crippen MR) is 144 cm³/mol. The van der Waals surface area contributed by atoms with Gasteiger partial charge in [-0.3, -0.25) is 4.79 Å². The average Bonchev–Trinajstić information content (AvgIpc) is 2.90. The van der Waals surface area contributed by atoms with Gasteiger partial charge in [0.1, 0.15) is 0 Å². The van der Waals surface area contributed by atoms with Crippen LogP contribution in [0.15, 0.2) is 132 Å². The summed E-state index contributed by atoms with van der Waals surface area (Å²) in [5, 5.41) is 6.07. The molecule has 34 heavy (non-hydrogen) atoms. The molecule has 0 amide bonds. The van der Waals surface area contributed by atoms with Crippen LogP contribution in [-0.4, -0.2) is 5.78 Å².